The van der Waals surface area contributed by atoms with Crippen molar-refractivity contribution in [2.75, 3.05) is 13.5 Å². The van der Waals surface area contributed by atoms with Gasteiger partial charge in [-0.2, -0.15) is 0 Å². The van der Waals surface area contributed by atoms with E-state index < -0.39 is 36.4 Å². The number of nitrogens with one attached hydrogen (secondary N) is 3. The lowest BCUT2D eigenvalue weighted by Crippen LogP contribution is -2.60. The SMILES string of the molecule is [2H]C([2H])([2H])N1C(=N)N(NC(=N)N)CCCCCCCCCCCC(=O)OC(=O)C1(C)C. The molecule has 0 amide bonds. The molecule has 9 heteroatoms. The summed E-state index contributed by atoms with van der Waals surface area (Å²) in [6, 6.07) is 0. The van der Waals surface area contributed by atoms with Crippen LogP contribution in [0.4, 0.5) is 0 Å². The van der Waals surface area contributed by atoms with Gasteiger partial charge in [-0.3, -0.25) is 26.0 Å². The second-order valence-corrected chi connectivity index (χ2v) is 7.59. The molecule has 0 aromatic rings. The molecule has 0 atom stereocenters. The van der Waals surface area contributed by atoms with E-state index in [-0.39, 0.29) is 13.0 Å². The highest BCUT2D eigenvalue weighted by Gasteiger charge is 2.38. The van der Waals surface area contributed by atoms with E-state index in [1.54, 1.807) is 0 Å². The van der Waals surface area contributed by atoms with Crippen molar-refractivity contribution in [1.82, 2.24) is 15.3 Å². The Bertz CT molecular complexity index is 654. The Morgan fingerprint density at radius 2 is 1.64 bits per heavy atom. The van der Waals surface area contributed by atoms with Crippen LogP contribution in [0.15, 0.2) is 0 Å². The van der Waals surface area contributed by atoms with Crippen molar-refractivity contribution >= 4 is 23.9 Å². The highest BCUT2D eigenvalue weighted by atomic mass is 16.6. The first-order valence-electron chi connectivity index (χ1n) is 11.4. The average molecular weight is 400 g/mol. The summed E-state index contributed by atoms with van der Waals surface area (Å²) in [5, 5.41) is 17.1. The van der Waals surface area contributed by atoms with Gasteiger partial charge in [-0.1, -0.05) is 44.9 Å². The Kier molecular flexibility index (Phi) is 7.81. The molecule has 1 heterocycles. The molecule has 1 saturated heterocycles. The number of carbonyl (C=O) groups excluding carboxylic acids is 2. The molecule has 28 heavy (non-hydrogen) atoms. The third kappa shape index (κ3) is 7.74. The highest BCUT2D eigenvalue weighted by molar-refractivity contribution is 5.94. The Labute approximate surface area is 172 Å². The molecule has 0 saturated carbocycles. The predicted octanol–water partition coefficient (Wildman–Crippen LogP) is 2.32. The molecule has 5 N–H and O–H groups in total. The molecule has 0 radical (unpaired) electrons. The monoisotopic (exact) mass is 399 g/mol. The number of hydrogen-bond acceptors (Lipinski definition) is 5. The lowest BCUT2D eigenvalue weighted by Gasteiger charge is -2.39. The van der Waals surface area contributed by atoms with Gasteiger partial charge in [0.25, 0.3) is 0 Å². The molecule has 1 aliphatic heterocycles. The molecule has 0 aromatic heterocycles. The van der Waals surface area contributed by atoms with Crippen LogP contribution in [0.3, 0.4) is 0 Å². The molecular weight excluding hydrogens is 360 g/mol. The van der Waals surface area contributed by atoms with Crippen molar-refractivity contribution in [3.05, 3.63) is 0 Å². The van der Waals surface area contributed by atoms with Gasteiger partial charge >= 0.3 is 11.9 Å². The summed E-state index contributed by atoms with van der Waals surface area (Å²) in [7, 11) is 0. The fraction of sp³-hybridized carbons (Fsp3) is 0.789. The number of guanidine groups is 2. The molecule has 0 aromatic carbocycles. The number of likely N-dealkylation sites (N-methyl/N-ethyl adjacent to an activating group) is 1. The zero-order valence-electron chi connectivity index (χ0n) is 20.0. The second kappa shape index (κ2) is 11.5. The van der Waals surface area contributed by atoms with E-state index in [9.17, 15) is 9.59 Å². The molecule has 0 spiro atoms. The molecule has 0 unspecified atom stereocenters. The van der Waals surface area contributed by atoms with Crippen molar-refractivity contribution < 1.29 is 18.4 Å². The fourth-order valence-corrected chi connectivity index (χ4v) is 2.89. The first kappa shape index (κ1) is 19.0. The minimum absolute atomic E-state index is 0.0745. The number of carbonyl (C=O) groups is 2. The topological polar surface area (TPSA) is 136 Å². The first-order valence-corrected chi connectivity index (χ1v) is 9.89. The summed E-state index contributed by atoms with van der Waals surface area (Å²) >= 11 is 0. The Morgan fingerprint density at radius 3 is 2.18 bits per heavy atom. The van der Waals surface area contributed by atoms with E-state index in [4.69, 9.17) is 25.4 Å². The standard InChI is InChI=1S/C19H36N6O3/c1-19(2)16(27)28-15(26)13-11-9-7-5-4-6-8-10-12-14-25(23-17(20)21)18(22)24(19)3/h22H,4-14H2,1-3H3,(H4,20,21,23)/i3D3. The van der Waals surface area contributed by atoms with Crippen LogP contribution in [-0.4, -0.2) is 52.8 Å². The molecule has 1 aliphatic rings. The third-order valence-electron chi connectivity index (χ3n) is 4.75. The summed E-state index contributed by atoms with van der Waals surface area (Å²) in [5.74, 6) is -2.80. The third-order valence-corrected chi connectivity index (χ3v) is 4.75. The molecule has 1 fully saturated rings. The van der Waals surface area contributed by atoms with Crippen LogP contribution >= 0.6 is 0 Å². The summed E-state index contributed by atoms with van der Waals surface area (Å²) in [4.78, 5) is 25.4. The maximum Gasteiger partial charge on any atom is 0.339 e. The maximum absolute atomic E-state index is 12.7. The van der Waals surface area contributed by atoms with Crippen LogP contribution in [0.1, 0.15) is 82.2 Å². The summed E-state index contributed by atoms with van der Waals surface area (Å²) in [6.07, 6.45) is 8.30. The van der Waals surface area contributed by atoms with E-state index >= 15 is 0 Å². The number of esters is 2. The number of hydrogen-bond donors (Lipinski definition) is 4. The minimum Gasteiger partial charge on any atom is -0.391 e. The van der Waals surface area contributed by atoms with Crippen LogP contribution in [0.2, 0.25) is 0 Å². The van der Waals surface area contributed by atoms with Gasteiger partial charge in [-0.15, -0.1) is 0 Å². The van der Waals surface area contributed by atoms with Gasteiger partial charge in [0.1, 0.15) is 5.54 Å². The zero-order valence-corrected chi connectivity index (χ0v) is 17.0. The van der Waals surface area contributed by atoms with E-state index in [2.05, 4.69) is 5.43 Å². The van der Waals surface area contributed by atoms with Crippen molar-refractivity contribution in [3.8, 4) is 0 Å². The van der Waals surface area contributed by atoms with Gasteiger partial charge < -0.3 is 15.4 Å². The maximum atomic E-state index is 12.7. The van der Waals surface area contributed by atoms with Gasteiger partial charge in [0.2, 0.25) is 11.9 Å². The Hall–Kier alpha value is -2.32. The fourth-order valence-electron chi connectivity index (χ4n) is 2.89. The van der Waals surface area contributed by atoms with Gasteiger partial charge in [0.05, 0.1) is 0 Å². The smallest absolute Gasteiger partial charge is 0.339 e. The van der Waals surface area contributed by atoms with Crippen LogP contribution < -0.4 is 11.2 Å². The molecule has 160 valence electrons. The molecule has 0 bridgehead atoms. The number of hydrazine groups is 1. The normalized spacial score (nSPS) is 23.5. The quantitative estimate of drug-likeness (QED) is 0.230. The predicted molar refractivity (Wildman–Crippen MR) is 109 cm³/mol. The van der Waals surface area contributed by atoms with E-state index in [0.717, 1.165) is 50.0 Å². The lowest BCUT2D eigenvalue weighted by atomic mass is 10.0. The van der Waals surface area contributed by atoms with Crippen molar-refractivity contribution in [2.24, 2.45) is 5.73 Å². The zero-order chi connectivity index (χ0) is 23.7. The first-order chi connectivity index (χ1) is 14.4. The number of nitrogens with two attached hydrogens (primary N) is 1. The van der Waals surface area contributed by atoms with E-state index in [1.807, 2.05) is 0 Å². The highest BCUT2D eigenvalue weighted by Crippen LogP contribution is 2.18. The molecule has 1 rings (SSSR count). The molecule has 0 aliphatic carbocycles. The van der Waals surface area contributed by atoms with E-state index in [0.29, 0.717) is 17.7 Å². The number of cyclic esters (lactones) is 2. The van der Waals surface area contributed by atoms with Crippen LogP contribution in [0, 0.1) is 10.8 Å². The second-order valence-electron chi connectivity index (χ2n) is 7.59. The van der Waals surface area contributed by atoms with Gasteiger partial charge in [0.15, 0.2) is 0 Å². The largest absolute Gasteiger partial charge is 0.391 e. The van der Waals surface area contributed by atoms with Crippen LogP contribution in [0.5, 0.6) is 0 Å². The summed E-state index contributed by atoms with van der Waals surface area (Å²) in [6.45, 7) is -0.100. The Morgan fingerprint density at radius 1 is 1.11 bits per heavy atom. The van der Waals surface area contributed by atoms with Gasteiger partial charge in [-0.25, -0.2) is 4.79 Å². The van der Waals surface area contributed by atoms with Crippen molar-refractivity contribution in [3.63, 3.8) is 0 Å². The number of rotatable bonds is 1. The summed E-state index contributed by atoms with van der Waals surface area (Å²) < 4.78 is 28.6. The lowest BCUT2D eigenvalue weighted by molar-refractivity contribution is -0.166. The van der Waals surface area contributed by atoms with Crippen molar-refractivity contribution in [2.45, 2.75) is 83.6 Å². The molecule has 9 nitrogen and oxygen atoms in total. The van der Waals surface area contributed by atoms with Gasteiger partial charge in [-0.05, 0) is 26.7 Å². The van der Waals surface area contributed by atoms with Gasteiger partial charge in [0, 0.05) is 24.1 Å². The number of ether oxygens (including phenoxy) is 1. The van der Waals surface area contributed by atoms with Crippen molar-refractivity contribution in [1.29, 1.82) is 10.8 Å². The average Bonchev–Trinajstić information content (AvgIpc) is 2.62. The van der Waals surface area contributed by atoms with E-state index in [1.165, 1.54) is 13.8 Å². The van der Waals surface area contributed by atoms with Crippen LogP contribution in [-0.2, 0) is 14.3 Å². The number of nitrogens with zero attached hydrogens (tertiary/aromatic N) is 2. The van der Waals surface area contributed by atoms with Crippen LogP contribution in [0.25, 0.3) is 0 Å². The molecular formula is C19H36N6O3. The Balaban J connectivity index is 3.18. The minimum atomic E-state index is -2.89. The summed E-state index contributed by atoms with van der Waals surface area (Å²) in [5.41, 5.74) is 6.05.